The summed E-state index contributed by atoms with van der Waals surface area (Å²) in [6.07, 6.45) is 2.30. The van der Waals surface area contributed by atoms with Crippen LogP contribution in [0.4, 0.5) is 5.69 Å². The van der Waals surface area contributed by atoms with Gasteiger partial charge in [-0.2, -0.15) is 0 Å². The van der Waals surface area contributed by atoms with Crippen LogP contribution in [0.5, 0.6) is 5.75 Å². The highest BCUT2D eigenvalue weighted by Gasteiger charge is 1.95. The molecule has 1 aromatic rings. The minimum Gasteiger partial charge on any atom is -0.506 e. The van der Waals surface area contributed by atoms with Crippen LogP contribution in [0.3, 0.4) is 0 Å². The lowest BCUT2D eigenvalue weighted by Gasteiger charge is -2.06. The highest BCUT2D eigenvalue weighted by Crippen LogP contribution is 2.21. The molecule has 0 spiro atoms. The first-order valence-corrected chi connectivity index (χ1v) is 7.36. The molecule has 0 heterocycles. The van der Waals surface area contributed by atoms with E-state index in [-0.39, 0.29) is 0 Å². The highest BCUT2D eigenvalue weighted by molar-refractivity contribution is 5.54. The molecule has 0 radical (unpaired) electrons. The number of para-hydroxylation sites is 2. The second-order valence-corrected chi connectivity index (χ2v) is 2.80. The van der Waals surface area contributed by atoms with E-state index < -0.39 is 0 Å². The second-order valence-electron chi connectivity index (χ2n) is 2.80. The SMILES string of the molecule is CC.CC.CC.CCCCNc1ccccc1O. The van der Waals surface area contributed by atoms with E-state index >= 15 is 0 Å². The number of aromatic hydroxyl groups is 1. The lowest BCUT2D eigenvalue weighted by molar-refractivity contribution is 0.477. The average Bonchev–Trinajstić information content (AvgIpc) is 2.48. The largest absolute Gasteiger partial charge is 0.506 e. The first kappa shape index (κ1) is 22.0. The summed E-state index contributed by atoms with van der Waals surface area (Å²) >= 11 is 0. The third-order valence-corrected chi connectivity index (χ3v) is 1.75. The van der Waals surface area contributed by atoms with Crippen molar-refractivity contribution in [1.82, 2.24) is 0 Å². The Hall–Kier alpha value is -1.18. The fourth-order valence-electron chi connectivity index (χ4n) is 1.02. The van der Waals surface area contributed by atoms with Crippen LogP contribution in [0.15, 0.2) is 24.3 Å². The maximum absolute atomic E-state index is 9.35. The number of hydrogen-bond acceptors (Lipinski definition) is 2. The van der Waals surface area contributed by atoms with Crippen molar-refractivity contribution in [3.05, 3.63) is 24.3 Å². The van der Waals surface area contributed by atoms with Crippen LogP contribution >= 0.6 is 0 Å². The minimum atomic E-state index is 0.327. The fourth-order valence-corrected chi connectivity index (χ4v) is 1.02. The Bertz CT molecular complexity index is 236. The van der Waals surface area contributed by atoms with Gasteiger partial charge in [0.15, 0.2) is 0 Å². The monoisotopic (exact) mass is 255 g/mol. The Balaban J connectivity index is -0.000000328. The molecular formula is C16H33NO. The van der Waals surface area contributed by atoms with Crippen molar-refractivity contribution in [3.8, 4) is 5.75 Å². The molecule has 2 N–H and O–H groups in total. The summed E-state index contributed by atoms with van der Waals surface area (Å²) in [4.78, 5) is 0. The van der Waals surface area contributed by atoms with Crippen molar-refractivity contribution in [3.63, 3.8) is 0 Å². The van der Waals surface area contributed by atoms with Crippen molar-refractivity contribution in [2.24, 2.45) is 0 Å². The van der Waals surface area contributed by atoms with Gasteiger partial charge in [0.05, 0.1) is 5.69 Å². The van der Waals surface area contributed by atoms with Gasteiger partial charge in [0.2, 0.25) is 0 Å². The molecule has 0 unspecified atom stereocenters. The molecule has 18 heavy (non-hydrogen) atoms. The third kappa shape index (κ3) is 12.9. The van der Waals surface area contributed by atoms with Crippen molar-refractivity contribution in [2.75, 3.05) is 11.9 Å². The van der Waals surface area contributed by atoms with Crippen LogP contribution in [-0.4, -0.2) is 11.7 Å². The Morgan fingerprint density at radius 2 is 1.44 bits per heavy atom. The quantitative estimate of drug-likeness (QED) is 0.535. The van der Waals surface area contributed by atoms with Crippen LogP contribution in [-0.2, 0) is 0 Å². The lowest BCUT2D eigenvalue weighted by atomic mass is 10.3. The number of rotatable bonds is 4. The molecular weight excluding hydrogens is 222 g/mol. The zero-order chi connectivity index (χ0) is 14.8. The lowest BCUT2D eigenvalue weighted by Crippen LogP contribution is -2.00. The zero-order valence-electron chi connectivity index (χ0n) is 13.4. The van der Waals surface area contributed by atoms with E-state index in [1.165, 1.54) is 6.42 Å². The highest BCUT2D eigenvalue weighted by atomic mass is 16.3. The van der Waals surface area contributed by atoms with Gasteiger partial charge in [-0.25, -0.2) is 0 Å². The van der Waals surface area contributed by atoms with Gasteiger partial charge in [-0.1, -0.05) is 67.0 Å². The maximum atomic E-state index is 9.35. The summed E-state index contributed by atoms with van der Waals surface area (Å²) in [6, 6.07) is 7.30. The molecule has 0 aliphatic carbocycles. The summed E-state index contributed by atoms with van der Waals surface area (Å²) in [5, 5.41) is 12.5. The third-order valence-electron chi connectivity index (χ3n) is 1.75. The average molecular weight is 255 g/mol. The normalized spacial score (nSPS) is 7.50. The zero-order valence-corrected chi connectivity index (χ0v) is 13.4. The van der Waals surface area contributed by atoms with Gasteiger partial charge >= 0.3 is 0 Å². The molecule has 0 aromatic heterocycles. The van der Waals surface area contributed by atoms with Gasteiger partial charge in [-0.05, 0) is 18.6 Å². The molecule has 0 amide bonds. The van der Waals surface area contributed by atoms with Gasteiger partial charge in [-0.15, -0.1) is 0 Å². The van der Waals surface area contributed by atoms with E-state index in [1.807, 2.05) is 59.7 Å². The summed E-state index contributed by atoms with van der Waals surface area (Å²) in [5.41, 5.74) is 0.825. The molecule has 0 atom stereocenters. The smallest absolute Gasteiger partial charge is 0.138 e. The molecule has 1 aromatic carbocycles. The van der Waals surface area contributed by atoms with Crippen LogP contribution in [0.25, 0.3) is 0 Å². The first-order valence-electron chi connectivity index (χ1n) is 7.36. The fraction of sp³-hybridized carbons (Fsp3) is 0.625. The van der Waals surface area contributed by atoms with Gasteiger partial charge < -0.3 is 10.4 Å². The number of benzene rings is 1. The maximum Gasteiger partial charge on any atom is 0.138 e. The van der Waals surface area contributed by atoms with E-state index in [0.29, 0.717) is 5.75 Å². The van der Waals surface area contributed by atoms with Gasteiger partial charge in [0.25, 0.3) is 0 Å². The Morgan fingerprint density at radius 1 is 0.944 bits per heavy atom. The number of hydrogen-bond donors (Lipinski definition) is 2. The van der Waals surface area contributed by atoms with E-state index in [1.54, 1.807) is 6.07 Å². The molecule has 0 saturated heterocycles. The van der Waals surface area contributed by atoms with Crippen molar-refractivity contribution >= 4 is 5.69 Å². The predicted molar refractivity (Wildman–Crippen MR) is 85.5 cm³/mol. The van der Waals surface area contributed by atoms with Crippen molar-refractivity contribution < 1.29 is 5.11 Å². The van der Waals surface area contributed by atoms with E-state index in [2.05, 4.69) is 12.2 Å². The second kappa shape index (κ2) is 21.1. The summed E-state index contributed by atoms with van der Waals surface area (Å²) in [6.45, 7) is 15.1. The van der Waals surface area contributed by atoms with Crippen molar-refractivity contribution in [1.29, 1.82) is 0 Å². The van der Waals surface area contributed by atoms with E-state index in [4.69, 9.17) is 0 Å². The van der Waals surface area contributed by atoms with Gasteiger partial charge in [0, 0.05) is 6.54 Å². The van der Waals surface area contributed by atoms with E-state index in [9.17, 15) is 5.11 Å². The standard InChI is InChI=1S/C10H15NO.3C2H6/c1-2-3-8-11-9-6-4-5-7-10(9)12;3*1-2/h4-7,11-12H,2-3,8H2,1H3;3*1-2H3. The molecule has 108 valence electrons. The molecule has 0 aliphatic heterocycles. The summed E-state index contributed by atoms with van der Waals surface area (Å²) in [7, 11) is 0. The molecule has 2 heteroatoms. The predicted octanol–water partition coefficient (Wildman–Crippen LogP) is 5.68. The minimum absolute atomic E-state index is 0.327. The Morgan fingerprint density at radius 3 is 1.89 bits per heavy atom. The van der Waals surface area contributed by atoms with Crippen LogP contribution in [0.2, 0.25) is 0 Å². The molecule has 1 rings (SSSR count). The number of nitrogens with one attached hydrogen (secondary N) is 1. The number of anilines is 1. The first-order chi connectivity index (χ1) is 8.84. The molecule has 0 saturated carbocycles. The number of phenolic OH excluding ortho intramolecular Hbond substituents is 1. The topological polar surface area (TPSA) is 32.3 Å². The Labute approximate surface area is 114 Å². The summed E-state index contributed by atoms with van der Waals surface area (Å²) < 4.78 is 0. The molecule has 2 nitrogen and oxygen atoms in total. The number of phenols is 1. The van der Waals surface area contributed by atoms with Crippen molar-refractivity contribution in [2.45, 2.75) is 61.3 Å². The van der Waals surface area contributed by atoms with Crippen LogP contribution in [0, 0.1) is 0 Å². The number of unbranched alkanes of at least 4 members (excludes halogenated alkanes) is 1. The van der Waals surface area contributed by atoms with Gasteiger partial charge in [-0.3, -0.25) is 0 Å². The van der Waals surface area contributed by atoms with E-state index in [0.717, 1.165) is 18.7 Å². The van der Waals surface area contributed by atoms with Gasteiger partial charge in [0.1, 0.15) is 5.75 Å². The van der Waals surface area contributed by atoms with Crippen LogP contribution < -0.4 is 5.32 Å². The molecule has 0 aliphatic rings. The molecule has 0 bridgehead atoms. The molecule has 0 fully saturated rings. The van der Waals surface area contributed by atoms with Crippen LogP contribution in [0.1, 0.15) is 61.3 Å². The Kier molecular flexibility index (Phi) is 25.9. The summed E-state index contributed by atoms with van der Waals surface area (Å²) in [5.74, 6) is 0.327.